The molecule has 174 valence electrons. The molecule has 8 heteroatoms. The molecule has 2 rings (SSSR count). The summed E-state index contributed by atoms with van der Waals surface area (Å²) in [6, 6.07) is 15.0. The lowest BCUT2D eigenvalue weighted by Crippen LogP contribution is -2.51. The van der Waals surface area contributed by atoms with Crippen molar-refractivity contribution in [2.45, 2.75) is 45.2 Å². The topological polar surface area (TPSA) is 86.8 Å². The van der Waals surface area contributed by atoms with Gasteiger partial charge in [0.1, 0.15) is 6.04 Å². The predicted molar refractivity (Wildman–Crippen MR) is 125 cm³/mol. The summed E-state index contributed by atoms with van der Waals surface area (Å²) in [6.45, 7) is 7.84. The van der Waals surface area contributed by atoms with E-state index in [-0.39, 0.29) is 29.8 Å². The molecular weight excluding hydrogens is 426 g/mol. The van der Waals surface area contributed by atoms with Gasteiger partial charge in [0.2, 0.25) is 21.8 Å². The summed E-state index contributed by atoms with van der Waals surface area (Å²) < 4.78 is 26.9. The molecule has 0 aliphatic carbocycles. The van der Waals surface area contributed by atoms with Gasteiger partial charge in [0, 0.05) is 20.1 Å². The summed E-state index contributed by atoms with van der Waals surface area (Å²) in [5.74, 6) is -0.443. The number of amides is 2. The van der Waals surface area contributed by atoms with Crippen LogP contribution in [-0.2, 0) is 26.2 Å². The summed E-state index contributed by atoms with van der Waals surface area (Å²) in [5, 5.41) is 2.85. The first-order valence-corrected chi connectivity index (χ1v) is 12.1. The standard InChI is InChI=1S/C24H33N3O4S/c1-18(2)15-25-24(29)20(4)27(16-21-9-7-6-8-10-21)23(28)17-26(5)32(30,31)22-13-11-19(3)12-14-22/h6-14,18,20H,15-17H2,1-5H3,(H,25,29)/t20-/m0/s1. The zero-order valence-electron chi connectivity index (χ0n) is 19.4. The van der Waals surface area contributed by atoms with Gasteiger partial charge in [0.25, 0.3) is 0 Å². The number of hydrogen-bond acceptors (Lipinski definition) is 4. The van der Waals surface area contributed by atoms with Crippen LogP contribution in [0.1, 0.15) is 31.9 Å². The SMILES string of the molecule is Cc1ccc(S(=O)(=O)N(C)CC(=O)N(Cc2ccccc2)[C@@H](C)C(=O)NCC(C)C)cc1. The number of benzene rings is 2. The van der Waals surface area contributed by atoms with Gasteiger partial charge in [-0.25, -0.2) is 8.42 Å². The van der Waals surface area contributed by atoms with Gasteiger partial charge in [-0.1, -0.05) is 61.9 Å². The van der Waals surface area contributed by atoms with E-state index >= 15 is 0 Å². The maximum absolute atomic E-state index is 13.2. The van der Waals surface area contributed by atoms with E-state index < -0.39 is 22.0 Å². The van der Waals surface area contributed by atoms with Gasteiger partial charge in [-0.2, -0.15) is 4.31 Å². The minimum atomic E-state index is -3.84. The molecule has 0 radical (unpaired) electrons. The maximum Gasteiger partial charge on any atom is 0.243 e. The van der Waals surface area contributed by atoms with Crippen molar-refractivity contribution < 1.29 is 18.0 Å². The highest BCUT2D eigenvalue weighted by molar-refractivity contribution is 7.89. The third-order valence-corrected chi connectivity index (χ3v) is 6.95. The summed E-state index contributed by atoms with van der Waals surface area (Å²) >= 11 is 0. The monoisotopic (exact) mass is 459 g/mol. The molecule has 0 unspecified atom stereocenters. The first-order valence-electron chi connectivity index (χ1n) is 10.7. The van der Waals surface area contributed by atoms with E-state index in [2.05, 4.69) is 5.32 Å². The van der Waals surface area contributed by atoms with Crippen LogP contribution in [0.2, 0.25) is 0 Å². The van der Waals surface area contributed by atoms with Gasteiger partial charge < -0.3 is 10.2 Å². The minimum Gasteiger partial charge on any atom is -0.354 e. The third kappa shape index (κ3) is 6.90. The van der Waals surface area contributed by atoms with Crippen molar-refractivity contribution in [2.75, 3.05) is 20.1 Å². The van der Waals surface area contributed by atoms with Crippen molar-refractivity contribution >= 4 is 21.8 Å². The van der Waals surface area contributed by atoms with Crippen LogP contribution in [0.5, 0.6) is 0 Å². The highest BCUT2D eigenvalue weighted by atomic mass is 32.2. The molecular formula is C24H33N3O4S. The summed E-state index contributed by atoms with van der Waals surface area (Å²) in [7, 11) is -2.47. The van der Waals surface area contributed by atoms with Crippen LogP contribution < -0.4 is 5.32 Å². The number of likely N-dealkylation sites (N-methyl/N-ethyl adjacent to an activating group) is 1. The zero-order valence-corrected chi connectivity index (χ0v) is 20.2. The van der Waals surface area contributed by atoms with Gasteiger partial charge in [-0.3, -0.25) is 9.59 Å². The Hall–Kier alpha value is -2.71. The Morgan fingerprint density at radius 1 is 0.969 bits per heavy atom. The number of sulfonamides is 1. The van der Waals surface area contributed by atoms with Crippen LogP contribution >= 0.6 is 0 Å². The molecule has 0 saturated heterocycles. The normalized spacial score (nSPS) is 12.6. The molecule has 0 aliphatic heterocycles. The lowest BCUT2D eigenvalue weighted by Gasteiger charge is -2.30. The molecule has 32 heavy (non-hydrogen) atoms. The second-order valence-electron chi connectivity index (χ2n) is 8.40. The van der Waals surface area contributed by atoms with Crippen LogP contribution in [0.3, 0.4) is 0 Å². The summed E-state index contributed by atoms with van der Waals surface area (Å²) in [5.41, 5.74) is 1.80. The maximum atomic E-state index is 13.2. The van der Waals surface area contributed by atoms with Crippen LogP contribution in [0.4, 0.5) is 0 Å². The highest BCUT2D eigenvalue weighted by Crippen LogP contribution is 2.16. The highest BCUT2D eigenvalue weighted by Gasteiger charge is 2.30. The smallest absolute Gasteiger partial charge is 0.243 e. The lowest BCUT2D eigenvalue weighted by molar-refractivity contribution is -0.140. The Morgan fingerprint density at radius 3 is 2.12 bits per heavy atom. The number of aryl methyl sites for hydroxylation is 1. The molecule has 1 atom stereocenters. The van der Waals surface area contributed by atoms with Gasteiger partial charge in [-0.15, -0.1) is 0 Å². The molecule has 0 saturated carbocycles. The Labute approximate surface area is 191 Å². The van der Waals surface area contributed by atoms with E-state index in [1.807, 2.05) is 51.1 Å². The molecule has 0 aliphatic rings. The molecule has 0 fully saturated rings. The van der Waals surface area contributed by atoms with Crippen LogP contribution in [-0.4, -0.2) is 55.6 Å². The van der Waals surface area contributed by atoms with Crippen LogP contribution in [0.15, 0.2) is 59.5 Å². The van der Waals surface area contributed by atoms with Gasteiger partial charge in [0.05, 0.1) is 11.4 Å². The molecule has 0 aromatic heterocycles. The Kier molecular flexibility index (Phi) is 8.98. The zero-order chi connectivity index (χ0) is 23.9. The Bertz CT molecular complexity index is 1010. The number of carbonyl (C=O) groups is 2. The molecule has 0 heterocycles. The minimum absolute atomic E-state index is 0.121. The van der Waals surface area contributed by atoms with E-state index in [4.69, 9.17) is 0 Å². The Balaban J connectivity index is 2.22. The molecule has 2 amide bonds. The van der Waals surface area contributed by atoms with E-state index in [0.29, 0.717) is 6.54 Å². The van der Waals surface area contributed by atoms with E-state index in [1.54, 1.807) is 19.1 Å². The molecule has 2 aromatic carbocycles. The van der Waals surface area contributed by atoms with E-state index in [1.165, 1.54) is 24.1 Å². The molecule has 1 N–H and O–H groups in total. The van der Waals surface area contributed by atoms with Crippen molar-refractivity contribution in [3.8, 4) is 0 Å². The molecule has 0 bridgehead atoms. The second kappa shape index (κ2) is 11.2. The predicted octanol–water partition coefficient (Wildman–Crippen LogP) is 2.81. The Morgan fingerprint density at radius 2 is 1.56 bits per heavy atom. The van der Waals surface area contributed by atoms with Crippen molar-refractivity contribution in [1.82, 2.24) is 14.5 Å². The fourth-order valence-corrected chi connectivity index (χ4v) is 4.19. The number of rotatable bonds is 10. The van der Waals surface area contributed by atoms with Crippen molar-refractivity contribution in [2.24, 2.45) is 5.92 Å². The fourth-order valence-electron chi connectivity index (χ4n) is 3.07. The number of hydrogen-bond donors (Lipinski definition) is 1. The third-order valence-electron chi connectivity index (χ3n) is 5.13. The van der Waals surface area contributed by atoms with Gasteiger partial charge in [-0.05, 0) is 37.5 Å². The quantitative estimate of drug-likeness (QED) is 0.592. The summed E-state index contributed by atoms with van der Waals surface area (Å²) in [6.07, 6.45) is 0. The van der Waals surface area contributed by atoms with Crippen molar-refractivity contribution in [1.29, 1.82) is 0 Å². The number of carbonyl (C=O) groups excluding carboxylic acids is 2. The molecule has 2 aromatic rings. The molecule has 7 nitrogen and oxygen atoms in total. The largest absolute Gasteiger partial charge is 0.354 e. The van der Waals surface area contributed by atoms with Crippen molar-refractivity contribution in [3.63, 3.8) is 0 Å². The average molecular weight is 460 g/mol. The van der Waals surface area contributed by atoms with E-state index in [0.717, 1.165) is 15.4 Å². The number of nitrogens with one attached hydrogen (secondary N) is 1. The molecule has 0 spiro atoms. The lowest BCUT2D eigenvalue weighted by atomic mass is 10.1. The first kappa shape index (κ1) is 25.5. The van der Waals surface area contributed by atoms with Gasteiger partial charge in [0.15, 0.2) is 0 Å². The average Bonchev–Trinajstić information content (AvgIpc) is 2.76. The summed E-state index contributed by atoms with van der Waals surface area (Å²) in [4.78, 5) is 27.4. The first-order chi connectivity index (χ1) is 15.0. The fraction of sp³-hybridized carbons (Fsp3) is 0.417. The van der Waals surface area contributed by atoms with E-state index in [9.17, 15) is 18.0 Å². The second-order valence-corrected chi connectivity index (χ2v) is 10.4. The van der Waals surface area contributed by atoms with Crippen LogP contribution in [0.25, 0.3) is 0 Å². The van der Waals surface area contributed by atoms with Crippen LogP contribution in [0, 0.1) is 12.8 Å². The number of nitrogens with zero attached hydrogens (tertiary/aromatic N) is 2. The van der Waals surface area contributed by atoms with Crippen molar-refractivity contribution in [3.05, 3.63) is 65.7 Å². The van der Waals surface area contributed by atoms with Gasteiger partial charge >= 0.3 is 0 Å².